The Labute approximate surface area is 165 Å². The largest absolute Gasteiger partial charge is 0.385 e. The fourth-order valence-corrected chi connectivity index (χ4v) is 4.15. The summed E-state index contributed by atoms with van der Waals surface area (Å²) in [7, 11) is 0. The van der Waals surface area contributed by atoms with Crippen LogP contribution in [0.2, 0.25) is 0 Å². The van der Waals surface area contributed by atoms with E-state index in [2.05, 4.69) is 29.2 Å². The number of carbonyl (C=O) groups excluding carboxylic acids is 1. The van der Waals surface area contributed by atoms with Crippen LogP contribution in [0, 0.1) is 5.92 Å². The Balaban J connectivity index is 1.41. The number of fused-ring (bicyclic) bond motifs is 1. The summed E-state index contributed by atoms with van der Waals surface area (Å²) in [5, 5.41) is 10.1. The second-order valence-corrected chi connectivity index (χ2v) is 7.73. The third kappa shape index (κ3) is 3.94. The van der Waals surface area contributed by atoms with Crippen molar-refractivity contribution in [2.24, 2.45) is 5.92 Å². The summed E-state index contributed by atoms with van der Waals surface area (Å²) in [6.07, 6.45) is 2.45. The molecule has 2 heterocycles. The van der Waals surface area contributed by atoms with Crippen molar-refractivity contribution in [1.82, 2.24) is 14.5 Å². The van der Waals surface area contributed by atoms with E-state index in [0.717, 1.165) is 43.4 Å². The zero-order chi connectivity index (χ0) is 19.5. The van der Waals surface area contributed by atoms with Crippen LogP contribution in [0.25, 0.3) is 11.0 Å². The fraction of sp³-hybridized carbons (Fsp3) is 0.391. The lowest BCUT2D eigenvalue weighted by Crippen LogP contribution is -2.40. The van der Waals surface area contributed by atoms with Crippen LogP contribution < -0.4 is 0 Å². The molecule has 0 aliphatic carbocycles. The molecule has 1 saturated heterocycles. The van der Waals surface area contributed by atoms with Crippen LogP contribution in [0.3, 0.4) is 0 Å². The summed E-state index contributed by atoms with van der Waals surface area (Å²) < 4.78 is 1.86. The van der Waals surface area contributed by atoms with Crippen molar-refractivity contribution in [2.45, 2.75) is 38.8 Å². The van der Waals surface area contributed by atoms with Gasteiger partial charge in [0.05, 0.1) is 11.0 Å². The molecule has 1 aliphatic heterocycles. The van der Waals surface area contributed by atoms with Crippen molar-refractivity contribution >= 4 is 16.9 Å². The molecule has 2 aromatic carbocycles. The van der Waals surface area contributed by atoms with Crippen LogP contribution in [0.1, 0.15) is 37.3 Å². The Morgan fingerprint density at radius 3 is 2.50 bits per heavy atom. The molecule has 1 fully saturated rings. The SMILES string of the molecule is C[C@H](O)c1nc2ccccc2n1CC(=O)N1CCC(Cc2ccccc2)CC1. The summed E-state index contributed by atoms with van der Waals surface area (Å²) in [5.41, 5.74) is 3.08. The smallest absolute Gasteiger partial charge is 0.242 e. The van der Waals surface area contributed by atoms with Gasteiger partial charge < -0.3 is 14.6 Å². The summed E-state index contributed by atoms with van der Waals surface area (Å²) in [4.78, 5) is 19.4. The number of nitrogens with zero attached hydrogens (tertiary/aromatic N) is 3. The number of piperidine rings is 1. The number of imidazole rings is 1. The molecule has 146 valence electrons. The predicted octanol–water partition coefficient (Wildman–Crippen LogP) is 3.57. The number of para-hydroxylation sites is 2. The molecule has 5 nitrogen and oxygen atoms in total. The molecule has 0 saturated carbocycles. The maximum Gasteiger partial charge on any atom is 0.242 e. The van der Waals surface area contributed by atoms with Gasteiger partial charge in [-0.1, -0.05) is 42.5 Å². The Bertz CT molecular complexity index is 941. The molecule has 1 atom stereocenters. The van der Waals surface area contributed by atoms with Gasteiger partial charge >= 0.3 is 0 Å². The number of hydrogen-bond donors (Lipinski definition) is 1. The van der Waals surface area contributed by atoms with E-state index in [1.54, 1.807) is 6.92 Å². The minimum Gasteiger partial charge on any atom is -0.385 e. The van der Waals surface area contributed by atoms with Crippen molar-refractivity contribution in [3.63, 3.8) is 0 Å². The van der Waals surface area contributed by atoms with E-state index in [1.165, 1.54) is 5.56 Å². The zero-order valence-electron chi connectivity index (χ0n) is 16.3. The van der Waals surface area contributed by atoms with Crippen LogP contribution >= 0.6 is 0 Å². The minimum atomic E-state index is -0.711. The van der Waals surface area contributed by atoms with E-state index in [9.17, 15) is 9.90 Å². The van der Waals surface area contributed by atoms with E-state index in [-0.39, 0.29) is 12.5 Å². The first-order valence-electron chi connectivity index (χ1n) is 10.1. The molecular formula is C23H27N3O2. The van der Waals surface area contributed by atoms with Crippen molar-refractivity contribution in [3.05, 3.63) is 66.0 Å². The van der Waals surface area contributed by atoms with Gasteiger partial charge in [-0.3, -0.25) is 4.79 Å². The van der Waals surface area contributed by atoms with Crippen LogP contribution in [-0.4, -0.2) is 38.6 Å². The number of carbonyl (C=O) groups is 1. The van der Waals surface area contributed by atoms with Gasteiger partial charge in [0.15, 0.2) is 0 Å². The van der Waals surface area contributed by atoms with Gasteiger partial charge in [-0.15, -0.1) is 0 Å². The quantitative estimate of drug-likeness (QED) is 0.739. The summed E-state index contributed by atoms with van der Waals surface area (Å²) in [6, 6.07) is 18.3. The van der Waals surface area contributed by atoms with E-state index < -0.39 is 6.10 Å². The Morgan fingerprint density at radius 2 is 1.79 bits per heavy atom. The lowest BCUT2D eigenvalue weighted by atomic mass is 9.90. The molecule has 1 aromatic heterocycles. The van der Waals surface area contributed by atoms with Crippen molar-refractivity contribution in [1.29, 1.82) is 0 Å². The monoisotopic (exact) mass is 377 g/mol. The van der Waals surface area contributed by atoms with E-state index in [4.69, 9.17) is 0 Å². The van der Waals surface area contributed by atoms with E-state index in [0.29, 0.717) is 11.7 Å². The number of rotatable bonds is 5. The van der Waals surface area contributed by atoms with Gasteiger partial charge in [-0.2, -0.15) is 0 Å². The lowest BCUT2D eigenvalue weighted by Gasteiger charge is -2.32. The number of hydrogen-bond acceptors (Lipinski definition) is 3. The maximum atomic E-state index is 12.9. The van der Waals surface area contributed by atoms with Gasteiger partial charge in [-0.25, -0.2) is 4.98 Å². The van der Waals surface area contributed by atoms with Crippen molar-refractivity contribution in [2.75, 3.05) is 13.1 Å². The van der Waals surface area contributed by atoms with Crippen LogP contribution in [0.15, 0.2) is 54.6 Å². The Morgan fingerprint density at radius 1 is 1.11 bits per heavy atom. The molecule has 0 radical (unpaired) electrons. The molecule has 1 aliphatic rings. The molecule has 0 spiro atoms. The van der Waals surface area contributed by atoms with Gasteiger partial charge in [0.1, 0.15) is 18.5 Å². The standard InChI is InChI=1S/C23H27N3O2/c1-17(27)23-24-20-9-5-6-10-21(20)26(23)16-22(28)25-13-11-19(12-14-25)15-18-7-3-2-4-8-18/h2-10,17,19,27H,11-16H2,1H3/t17-/m0/s1. The summed E-state index contributed by atoms with van der Waals surface area (Å²) in [6.45, 7) is 3.52. The highest BCUT2D eigenvalue weighted by Crippen LogP contribution is 2.24. The van der Waals surface area contributed by atoms with Gasteiger partial charge in [0, 0.05) is 13.1 Å². The fourth-order valence-electron chi connectivity index (χ4n) is 4.15. The number of amides is 1. The first-order chi connectivity index (χ1) is 13.6. The Hall–Kier alpha value is -2.66. The normalized spacial score (nSPS) is 16.4. The van der Waals surface area contributed by atoms with E-state index >= 15 is 0 Å². The first kappa shape index (κ1) is 18.7. The van der Waals surface area contributed by atoms with Gasteiger partial charge in [0.25, 0.3) is 0 Å². The zero-order valence-corrected chi connectivity index (χ0v) is 16.3. The molecule has 4 rings (SSSR count). The second-order valence-electron chi connectivity index (χ2n) is 7.73. The number of aliphatic hydroxyl groups is 1. The van der Waals surface area contributed by atoms with Gasteiger partial charge in [-0.05, 0) is 49.8 Å². The predicted molar refractivity (Wildman–Crippen MR) is 110 cm³/mol. The average Bonchev–Trinajstić information content (AvgIpc) is 3.08. The molecule has 5 heteroatoms. The summed E-state index contributed by atoms with van der Waals surface area (Å²) >= 11 is 0. The molecule has 3 aromatic rings. The number of likely N-dealkylation sites (tertiary alicyclic amines) is 1. The van der Waals surface area contributed by atoms with Gasteiger partial charge in [0.2, 0.25) is 5.91 Å². The molecule has 0 bridgehead atoms. The number of benzene rings is 2. The van der Waals surface area contributed by atoms with Crippen LogP contribution in [0.5, 0.6) is 0 Å². The lowest BCUT2D eigenvalue weighted by molar-refractivity contribution is -0.133. The average molecular weight is 377 g/mol. The van der Waals surface area contributed by atoms with Crippen molar-refractivity contribution in [3.8, 4) is 0 Å². The summed E-state index contributed by atoms with van der Waals surface area (Å²) in [5.74, 6) is 1.28. The Kier molecular flexibility index (Phi) is 5.44. The van der Waals surface area contributed by atoms with Crippen LogP contribution in [-0.2, 0) is 17.8 Å². The maximum absolute atomic E-state index is 12.9. The highest BCUT2D eigenvalue weighted by Gasteiger charge is 2.25. The minimum absolute atomic E-state index is 0.100. The second kappa shape index (κ2) is 8.15. The molecule has 1 amide bonds. The van der Waals surface area contributed by atoms with Crippen molar-refractivity contribution < 1.29 is 9.90 Å². The topological polar surface area (TPSA) is 58.4 Å². The molecule has 28 heavy (non-hydrogen) atoms. The van der Waals surface area contributed by atoms with Crippen LogP contribution in [0.4, 0.5) is 0 Å². The highest BCUT2D eigenvalue weighted by molar-refractivity contribution is 5.81. The molecule has 0 unspecified atom stereocenters. The third-order valence-corrected chi connectivity index (χ3v) is 5.69. The number of aliphatic hydroxyl groups excluding tert-OH is 1. The first-order valence-corrected chi connectivity index (χ1v) is 10.1. The third-order valence-electron chi connectivity index (χ3n) is 5.69. The molecular weight excluding hydrogens is 350 g/mol. The highest BCUT2D eigenvalue weighted by atomic mass is 16.3. The molecule has 1 N–H and O–H groups in total. The number of aromatic nitrogens is 2. The van der Waals surface area contributed by atoms with E-state index in [1.807, 2.05) is 39.8 Å².